The second-order valence-corrected chi connectivity index (χ2v) is 24.6. The number of nitrogens with zero attached hydrogens (tertiary/aromatic N) is 3. The summed E-state index contributed by atoms with van der Waals surface area (Å²) in [7, 11) is 0. The highest BCUT2D eigenvalue weighted by Gasteiger charge is 2.45. The maximum absolute atomic E-state index is 2.60. The highest BCUT2D eigenvalue weighted by molar-refractivity contribution is 7.00. The summed E-state index contributed by atoms with van der Waals surface area (Å²) >= 11 is 0. The summed E-state index contributed by atoms with van der Waals surface area (Å²) < 4.78 is 0. The Kier molecular flexibility index (Phi) is 11.1. The van der Waals surface area contributed by atoms with Crippen molar-refractivity contribution in [1.29, 1.82) is 0 Å². The minimum atomic E-state index is -0.117. The van der Waals surface area contributed by atoms with Crippen LogP contribution in [0.5, 0.6) is 0 Å². The van der Waals surface area contributed by atoms with E-state index < -0.39 is 0 Å². The Hall–Kier alpha value is -6.00. The molecule has 4 heteroatoms. The molecule has 0 atom stereocenters. The van der Waals surface area contributed by atoms with Crippen molar-refractivity contribution in [2.45, 2.75) is 138 Å². The van der Waals surface area contributed by atoms with Crippen molar-refractivity contribution in [3.8, 4) is 0 Å². The lowest BCUT2D eigenvalue weighted by Gasteiger charge is -2.46. The van der Waals surface area contributed by atoms with E-state index in [4.69, 9.17) is 0 Å². The molecule has 0 saturated heterocycles. The average Bonchev–Trinajstić information content (AvgIpc) is 3.25. The molecule has 0 spiro atoms. The van der Waals surface area contributed by atoms with Crippen LogP contribution < -0.4 is 31.1 Å². The molecule has 9 rings (SSSR count). The van der Waals surface area contributed by atoms with Crippen molar-refractivity contribution in [2.24, 2.45) is 0 Å². The van der Waals surface area contributed by atoms with E-state index in [9.17, 15) is 0 Å². The molecule has 342 valence electrons. The second kappa shape index (κ2) is 16.1. The lowest BCUT2D eigenvalue weighted by atomic mass is 9.33. The first kappa shape index (κ1) is 46.1. The van der Waals surface area contributed by atoms with Gasteiger partial charge in [0.1, 0.15) is 0 Å². The molecule has 0 unspecified atom stereocenters. The standard InChI is InChI=1S/C63H72BN3/c1-41-36-45(62(11,12)13)37-53-58(41)67(50-32-26-44(27-33-50)61(8,9)10)56-39-46(63(14,15)16)38-55-57(56)64(53)52-35-34-51(40-54(52)66(55)47-20-18-17-19-21-47)65(48-28-22-42(23-29-48)59(2,3)4)49-30-24-43(25-31-49)60(5,6)7/h17-40H,1-16H3. The Morgan fingerprint density at radius 2 is 0.776 bits per heavy atom. The van der Waals surface area contributed by atoms with Crippen LogP contribution in [-0.4, -0.2) is 6.71 Å². The van der Waals surface area contributed by atoms with Gasteiger partial charge >= 0.3 is 0 Å². The van der Waals surface area contributed by atoms with E-state index in [1.54, 1.807) is 0 Å². The van der Waals surface area contributed by atoms with Gasteiger partial charge in [-0.15, -0.1) is 0 Å². The quantitative estimate of drug-likeness (QED) is 0.160. The molecule has 2 aliphatic heterocycles. The Balaban J connectivity index is 1.36. The van der Waals surface area contributed by atoms with Crippen molar-refractivity contribution in [3.63, 3.8) is 0 Å². The van der Waals surface area contributed by atoms with Gasteiger partial charge in [0, 0.05) is 51.2 Å². The number of hydrogen-bond donors (Lipinski definition) is 0. The maximum Gasteiger partial charge on any atom is 0.252 e. The number of hydrogen-bond acceptors (Lipinski definition) is 3. The SMILES string of the molecule is Cc1cc(C(C)(C)C)cc2c1N(c1ccc(C(C)(C)C)cc1)c1cc(C(C)(C)C)cc3c1B2c1ccc(N(c2ccc(C(C)(C)C)cc2)c2ccc(C(C)(C)C)cc2)cc1N3c1ccccc1. The number of aryl methyl sites for hydroxylation is 1. The van der Waals surface area contributed by atoms with Crippen molar-refractivity contribution >= 4 is 74.3 Å². The highest BCUT2D eigenvalue weighted by Crippen LogP contribution is 2.49. The fourth-order valence-corrected chi connectivity index (χ4v) is 10.2. The molecule has 7 aromatic carbocycles. The van der Waals surface area contributed by atoms with Crippen LogP contribution >= 0.6 is 0 Å². The van der Waals surface area contributed by atoms with Crippen LogP contribution in [0.15, 0.2) is 146 Å². The van der Waals surface area contributed by atoms with Gasteiger partial charge in [-0.1, -0.05) is 177 Å². The van der Waals surface area contributed by atoms with Crippen LogP contribution in [0, 0.1) is 6.92 Å². The monoisotopic (exact) mass is 882 g/mol. The molecule has 7 aromatic rings. The normalized spacial score (nSPS) is 13.9. The van der Waals surface area contributed by atoms with E-state index in [0.717, 1.165) is 22.7 Å². The topological polar surface area (TPSA) is 9.72 Å². The Labute approximate surface area is 404 Å². The highest BCUT2D eigenvalue weighted by atomic mass is 15.2. The summed E-state index contributed by atoms with van der Waals surface area (Å²) in [6.07, 6.45) is 0. The molecule has 67 heavy (non-hydrogen) atoms. The molecule has 2 heterocycles. The minimum absolute atomic E-state index is 0.00489. The number of benzene rings is 7. The van der Waals surface area contributed by atoms with Gasteiger partial charge in [-0.2, -0.15) is 0 Å². The van der Waals surface area contributed by atoms with E-state index in [-0.39, 0.29) is 33.8 Å². The van der Waals surface area contributed by atoms with Gasteiger partial charge in [0.2, 0.25) is 0 Å². The van der Waals surface area contributed by atoms with Crippen LogP contribution in [0.4, 0.5) is 51.2 Å². The van der Waals surface area contributed by atoms with E-state index in [0.29, 0.717) is 0 Å². The maximum atomic E-state index is 2.60. The molecule has 0 amide bonds. The fourth-order valence-electron chi connectivity index (χ4n) is 10.2. The molecular weight excluding hydrogens is 810 g/mol. The second-order valence-electron chi connectivity index (χ2n) is 24.6. The van der Waals surface area contributed by atoms with Crippen molar-refractivity contribution in [3.05, 3.63) is 179 Å². The largest absolute Gasteiger partial charge is 0.311 e. The zero-order valence-corrected chi connectivity index (χ0v) is 43.3. The molecule has 0 aromatic heterocycles. The van der Waals surface area contributed by atoms with Crippen molar-refractivity contribution in [1.82, 2.24) is 0 Å². The molecule has 3 nitrogen and oxygen atoms in total. The third-order valence-corrected chi connectivity index (χ3v) is 14.3. The van der Waals surface area contributed by atoms with Gasteiger partial charge in [0.05, 0.1) is 0 Å². The number of fused-ring (bicyclic) bond motifs is 4. The van der Waals surface area contributed by atoms with E-state index in [1.165, 1.54) is 78.2 Å². The van der Waals surface area contributed by atoms with E-state index in [2.05, 4.69) is 271 Å². The number of anilines is 9. The Morgan fingerprint density at radius 3 is 1.25 bits per heavy atom. The smallest absolute Gasteiger partial charge is 0.252 e. The molecule has 0 saturated carbocycles. The zero-order valence-electron chi connectivity index (χ0n) is 43.3. The molecule has 0 radical (unpaired) electrons. The first-order chi connectivity index (χ1) is 31.3. The summed E-state index contributed by atoms with van der Waals surface area (Å²) in [5.41, 5.74) is 22.6. The molecule has 0 aliphatic carbocycles. The zero-order chi connectivity index (χ0) is 48.2. The number of rotatable bonds is 5. The molecule has 2 aliphatic rings. The van der Waals surface area contributed by atoms with Gasteiger partial charge in [-0.25, -0.2) is 0 Å². The Morgan fingerprint density at radius 1 is 0.358 bits per heavy atom. The summed E-state index contributed by atoms with van der Waals surface area (Å²) in [5, 5.41) is 0. The van der Waals surface area contributed by atoms with Crippen molar-refractivity contribution in [2.75, 3.05) is 14.7 Å². The predicted octanol–water partition coefficient (Wildman–Crippen LogP) is 16.0. The lowest BCUT2D eigenvalue weighted by molar-refractivity contribution is 0.589. The van der Waals surface area contributed by atoms with E-state index >= 15 is 0 Å². The molecular formula is C63H72BN3. The first-order valence-electron chi connectivity index (χ1n) is 24.6. The lowest BCUT2D eigenvalue weighted by Crippen LogP contribution is -2.62. The van der Waals surface area contributed by atoms with Crippen LogP contribution in [0.2, 0.25) is 0 Å². The third kappa shape index (κ3) is 8.40. The van der Waals surface area contributed by atoms with Crippen LogP contribution in [0.3, 0.4) is 0 Å². The summed E-state index contributed by atoms with van der Waals surface area (Å²) in [6, 6.07) is 56.2. The van der Waals surface area contributed by atoms with Crippen LogP contribution in [0.25, 0.3) is 0 Å². The molecule has 0 N–H and O–H groups in total. The van der Waals surface area contributed by atoms with Crippen LogP contribution in [-0.2, 0) is 27.1 Å². The summed E-state index contributed by atoms with van der Waals surface area (Å²) in [6.45, 7) is 37.1. The predicted molar refractivity (Wildman–Crippen MR) is 293 cm³/mol. The van der Waals surface area contributed by atoms with Gasteiger partial charge in [-0.3, -0.25) is 0 Å². The fraction of sp³-hybridized carbons (Fsp3) is 0.333. The van der Waals surface area contributed by atoms with Gasteiger partial charge in [-0.05, 0) is 157 Å². The van der Waals surface area contributed by atoms with Gasteiger partial charge in [0.25, 0.3) is 6.71 Å². The van der Waals surface area contributed by atoms with Gasteiger partial charge in [0.15, 0.2) is 0 Å². The molecule has 0 bridgehead atoms. The van der Waals surface area contributed by atoms with Crippen LogP contribution in [0.1, 0.15) is 137 Å². The third-order valence-electron chi connectivity index (χ3n) is 14.3. The average molecular weight is 882 g/mol. The van der Waals surface area contributed by atoms with Crippen molar-refractivity contribution < 1.29 is 0 Å². The Bertz CT molecular complexity index is 2910. The van der Waals surface area contributed by atoms with E-state index in [1.807, 2.05) is 0 Å². The number of para-hydroxylation sites is 1. The molecule has 0 fully saturated rings. The first-order valence-corrected chi connectivity index (χ1v) is 24.6. The summed E-state index contributed by atoms with van der Waals surface area (Å²) in [4.78, 5) is 7.62. The van der Waals surface area contributed by atoms with Gasteiger partial charge < -0.3 is 14.7 Å². The summed E-state index contributed by atoms with van der Waals surface area (Å²) in [5.74, 6) is 0. The minimum Gasteiger partial charge on any atom is -0.311 e.